The average Bonchev–Trinajstić information content (AvgIpc) is 2.71. The molecule has 0 heterocycles. The van der Waals surface area contributed by atoms with Gasteiger partial charge in [0.1, 0.15) is 0 Å². The van der Waals surface area contributed by atoms with Crippen LogP contribution in [-0.4, -0.2) is 6.04 Å². The Labute approximate surface area is 109 Å². The SMILES string of the molecule is C[C@@H](N)CCC1c2ccccc2-c2ccccc21. The molecule has 92 valence electrons. The quantitative estimate of drug-likeness (QED) is 0.860. The summed E-state index contributed by atoms with van der Waals surface area (Å²) in [5.74, 6) is 0.531. The summed E-state index contributed by atoms with van der Waals surface area (Å²) in [5.41, 5.74) is 11.7. The average molecular weight is 237 g/mol. The highest BCUT2D eigenvalue weighted by atomic mass is 14.6. The van der Waals surface area contributed by atoms with Crippen molar-refractivity contribution in [2.45, 2.75) is 31.7 Å². The van der Waals surface area contributed by atoms with Crippen molar-refractivity contribution in [2.24, 2.45) is 5.73 Å². The summed E-state index contributed by atoms with van der Waals surface area (Å²) in [6.45, 7) is 2.09. The number of rotatable bonds is 3. The van der Waals surface area contributed by atoms with Crippen LogP contribution in [0, 0.1) is 0 Å². The second kappa shape index (κ2) is 4.58. The standard InChI is InChI=1S/C17H19N/c1-12(18)10-11-17-15-8-4-2-6-13(15)14-7-3-5-9-16(14)17/h2-9,12,17H,10-11,18H2,1H3/t12-/m1/s1. The smallest absolute Gasteiger partial charge is 0.0102 e. The van der Waals surface area contributed by atoms with Gasteiger partial charge in [-0.15, -0.1) is 0 Å². The fourth-order valence-corrected chi connectivity index (χ4v) is 3.00. The van der Waals surface area contributed by atoms with Crippen molar-refractivity contribution >= 4 is 0 Å². The third kappa shape index (κ3) is 1.85. The molecule has 18 heavy (non-hydrogen) atoms. The first-order chi connectivity index (χ1) is 8.77. The number of benzene rings is 2. The van der Waals surface area contributed by atoms with Crippen LogP contribution in [0.15, 0.2) is 48.5 Å². The third-order valence-corrected chi connectivity index (χ3v) is 3.87. The summed E-state index contributed by atoms with van der Waals surface area (Å²) in [6.07, 6.45) is 2.22. The molecule has 0 aromatic heterocycles. The summed E-state index contributed by atoms with van der Waals surface area (Å²) in [4.78, 5) is 0. The van der Waals surface area contributed by atoms with Gasteiger partial charge in [-0.2, -0.15) is 0 Å². The first-order valence-corrected chi connectivity index (χ1v) is 6.71. The Morgan fingerprint density at radius 1 is 0.944 bits per heavy atom. The predicted octanol–water partition coefficient (Wildman–Crippen LogP) is 3.93. The Morgan fingerprint density at radius 3 is 1.94 bits per heavy atom. The molecule has 1 nitrogen and oxygen atoms in total. The number of fused-ring (bicyclic) bond motifs is 3. The second-order valence-corrected chi connectivity index (χ2v) is 5.28. The minimum atomic E-state index is 0.282. The highest BCUT2D eigenvalue weighted by molar-refractivity contribution is 5.78. The molecule has 2 aromatic rings. The first-order valence-electron chi connectivity index (χ1n) is 6.71. The van der Waals surface area contributed by atoms with Crippen LogP contribution < -0.4 is 5.73 Å². The largest absolute Gasteiger partial charge is 0.328 e. The lowest BCUT2D eigenvalue weighted by Gasteiger charge is -2.14. The summed E-state index contributed by atoms with van der Waals surface area (Å²) >= 11 is 0. The van der Waals surface area contributed by atoms with Crippen LogP contribution in [0.2, 0.25) is 0 Å². The first kappa shape index (κ1) is 11.5. The molecule has 2 aromatic carbocycles. The van der Waals surface area contributed by atoms with E-state index in [2.05, 4.69) is 55.5 Å². The number of nitrogens with two attached hydrogens (primary N) is 1. The molecule has 0 spiro atoms. The van der Waals surface area contributed by atoms with E-state index in [0.717, 1.165) is 12.8 Å². The maximum Gasteiger partial charge on any atom is 0.0102 e. The molecule has 1 aliphatic carbocycles. The van der Waals surface area contributed by atoms with E-state index in [1.54, 1.807) is 0 Å². The Kier molecular flexibility index (Phi) is 2.92. The third-order valence-electron chi connectivity index (χ3n) is 3.87. The lowest BCUT2D eigenvalue weighted by atomic mass is 9.91. The molecule has 0 amide bonds. The molecule has 0 saturated carbocycles. The monoisotopic (exact) mass is 237 g/mol. The van der Waals surface area contributed by atoms with Gasteiger partial charge in [-0.3, -0.25) is 0 Å². The summed E-state index contributed by atoms with van der Waals surface area (Å²) in [7, 11) is 0. The minimum Gasteiger partial charge on any atom is -0.328 e. The van der Waals surface area contributed by atoms with Crippen molar-refractivity contribution in [3.05, 3.63) is 59.7 Å². The summed E-state index contributed by atoms with van der Waals surface area (Å²) in [6, 6.07) is 17.8. The molecule has 1 aliphatic rings. The summed E-state index contributed by atoms with van der Waals surface area (Å²) < 4.78 is 0. The van der Waals surface area contributed by atoms with Crippen molar-refractivity contribution < 1.29 is 0 Å². The Balaban J connectivity index is 2.03. The van der Waals surface area contributed by atoms with E-state index in [1.807, 2.05) is 0 Å². The normalized spacial score (nSPS) is 15.2. The van der Waals surface area contributed by atoms with Crippen molar-refractivity contribution in [3.63, 3.8) is 0 Å². The van der Waals surface area contributed by atoms with Crippen LogP contribution in [0.1, 0.15) is 36.8 Å². The molecule has 1 atom stereocenters. The van der Waals surface area contributed by atoms with Crippen LogP contribution >= 0.6 is 0 Å². The summed E-state index contributed by atoms with van der Waals surface area (Å²) in [5, 5.41) is 0. The molecule has 0 saturated heterocycles. The highest BCUT2D eigenvalue weighted by Gasteiger charge is 2.27. The molecule has 1 heteroatoms. The van der Waals surface area contributed by atoms with E-state index < -0.39 is 0 Å². The van der Waals surface area contributed by atoms with Crippen LogP contribution in [0.3, 0.4) is 0 Å². The van der Waals surface area contributed by atoms with Crippen LogP contribution in [0.25, 0.3) is 11.1 Å². The minimum absolute atomic E-state index is 0.282. The van der Waals surface area contributed by atoms with E-state index in [4.69, 9.17) is 5.73 Å². The second-order valence-electron chi connectivity index (χ2n) is 5.28. The van der Waals surface area contributed by atoms with Crippen molar-refractivity contribution in [3.8, 4) is 11.1 Å². The topological polar surface area (TPSA) is 26.0 Å². The lowest BCUT2D eigenvalue weighted by molar-refractivity contribution is 0.591. The molecular formula is C17H19N. The molecule has 0 radical (unpaired) electrons. The number of hydrogen-bond acceptors (Lipinski definition) is 1. The lowest BCUT2D eigenvalue weighted by Crippen LogP contribution is -2.15. The van der Waals surface area contributed by atoms with E-state index in [0.29, 0.717) is 5.92 Å². The van der Waals surface area contributed by atoms with Gasteiger partial charge in [-0.1, -0.05) is 48.5 Å². The van der Waals surface area contributed by atoms with Crippen LogP contribution in [0.4, 0.5) is 0 Å². The van der Waals surface area contributed by atoms with Gasteiger partial charge in [-0.25, -0.2) is 0 Å². The molecular weight excluding hydrogens is 218 g/mol. The van der Waals surface area contributed by atoms with Gasteiger partial charge < -0.3 is 5.73 Å². The van der Waals surface area contributed by atoms with Gasteiger partial charge in [0, 0.05) is 12.0 Å². The van der Waals surface area contributed by atoms with E-state index in [1.165, 1.54) is 22.3 Å². The Bertz CT molecular complexity index is 512. The predicted molar refractivity (Wildman–Crippen MR) is 76.6 cm³/mol. The zero-order valence-electron chi connectivity index (χ0n) is 10.8. The fraction of sp³-hybridized carbons (Fsp3) is 0.294. The Morgan fingerprint density at radius 2 is 1.44 bits per heavy atom. The van der Waals surface area contributed by atoms with Crippen molar-refractivity contribution in [1.82, 2.24) is 0 Å². The Hall–Kier alpha value is -1.60. The van der Waals surface area contributed by atoms with Gasteiger partial charge in [0.05, 0.1) is 0 Å². The van der Waals surface area contributed by atoms with Crippen LogP contribution in [0.5, 0.6) is 0 Å². The van der Waals surface area contributed by atoms with Gasteiger partial charge in [0.15, 0.2) is 0 Å². The molecule has 3 rings (SSSR count). The zero-order chi connectivity index (χ0) is 12.5. The van der Waals surface area contributed by atoms with Gasteiger partial charge in [-0.05, 0) is 42.0 Å². The van der Waals surface area contributed by atoms with E-state index in [9.17, 15) is 0 Å². The number of hydrogen-bond donors (Lipinski definition) is 1. The maximum atomic E-state index is 5.91. The maximum absolute atomic E-state index is 5.91. The van der Waals surface area contributed by atoms with Crippen molar-refractivity contribution in [2.75, 3.05) is 0 Å². The molecule has 2 N–H and O–H groups in total. The highest BCUT2D eigenvalue weighted by Crippen LogP contribution is 2.46. The van der Waals surface area contributed by atoms with Crippen LogP contribution in [-0.2, 0) is 0 Å². The van der Waals surface area contributed by atoms with E-state index in [-0.39, 0.29) is 6.04 Å². The van der Waals surface area contributed by atoms with Gasteiger partial charge in [0.2, 0.25) is 0 Å². The zero-order valence-corrected chi connectivity index (χ0v) is 10.8. The molecule has 0 fully saturated rings. The fourth-order valence-electron chi connectivity index (χ4n) is 3.00. The van der Waals surface area contributed by atoms with Crippen molar-refractivity contribution in [1.29, 1.82) is 0 Å². The molecule has 0 unspecified atom stereocenters. The van der Waals surface area contributed by atoms with Gasteiger partial charge >= 0.3 is 0 Å². The van der Waals surface area contributed by atoms with E-state index >= 15 is 0 Å². The molecule has 0 bridgehead atoms. The molecule has 0 aliphatic heterocycles. The van der Waals surface area contributed by atoms with Gasteiger partial charge in [0.25, 0.3) is 0 Å².